The smallest absolute Gasteiger partial charge is 0.407 e. The van der Waals surface area contributed by atoms with Gasteiger partial charge in [-0.2, -0.15) is 0 Å². The van der Waals surface area contributed by atoms with Gasteiger partial charge in [0.15, 0.2) is 0 Å². The fourth-order valence-electron chi connectivity index (χ4n) is 3.93. The minimum Gasteiger partial charge on any atom is -0.444 e. The third-order valence-corrected chi connectivity index (χ3v) is 5.74. The summed E-state index contributed by atoms with van der Waals surface area (Å²) < 4.78 is 5.44. The quantitative estimate of drug-likeness (QED) is 0.417. The molecule has 0 fully saturated rings. The third kappa shape index (κ3) is 10.5. The first-order valence-electron chi connectivity index (χ1n) is 12.3. The van der Waals surface area contributed by atoms with E-state index in [0.717, 1.165) is 17.5 Å². The van der Waals surface area contributed by atoms with E-state index in [1.807, 2.05) is 60.7 Å². The molecule has 0 heterocycles. The molecule has 2 aromatic carbocycles. The van der Waals surface area contributed by atoms with Crippen molar-refractivity contribution in [1.82, 2.24) is 5.32 Å². The molecule has 0 aliphatic heterocycles. The van der Waals surface area contributed by atoms with Crippen LogP contribution in [0.3, 0.4) is 0 Å². The molecule has 0 saturated heterocycles. The summed E-state index contributed by atoms with van der Waals surface area (Å²) in [5, 5.41) is 14.1. The number of hydrogen-bond acceptors (Lipinski definition) is 4. The number of alkyl carbamates (subject to hydrolysis) is 1. The number of ether oxygens (including phenoxy) is 1. The maximum absolute atomic E-state index is 13.2. The predicted molar refractivity (Wildman–Crippen MR) is 137 cm³/mol. The summed E-state index contributed by atoms with van der Waals surface area (Å²) in [5.74, 6) is 0.271. The van der Waals surface area contributed by atoms with Gasteiger partial charge in [0, 0.05) is 12.3 Å². The zero-order valence-electron chi connectivity index (χ0n) is 21.3. The van der Waals surface area contributed by atoms with Gasteiger partial charge in [0.25, 0.3) is 0 Å². The molecule has 2 N–H and O–H groups in total. The highest BCUT2D eigenvalue weighted by Crippen LogP contribution is 2.22. The fourth-order valence-corrected chi connectivity index (χ4v) is 3.93. The van der Waals surface area contributed by atoms with Gasteiger partial charge in [-0.25, -0.2) is 4.79 Å². The Hall–Kier alpha value is -2.66. The number of aliphatic hydroxyl groups excluding tert-OH is 1. The van der Waals surface area contributed by atoms with Gasteiger partial charge in [-0.1, -0.05) is 74.5 Å². The molecule has 2 rings (SSSR count). The van der Waals surface area contributed by atoms with E-state index in [-0.39, 0.29) is 18.1 Å². The van der Waals surface area contributed by atoms with Gasteiger partial charge in [-0.05, 0) is 63.5 Å². The van der Waals surface area contributed by atoms with Crippen LogP contribution in [-0.2, 0) is 22.4 Å². The van der Waals surface area contributed by atoms with Crippen molar-refractivity contribution in [2.24, 2.45) is 11.8 Å². The molecular formula is C29H41NO4. The van der Waals surface area contributed by atoms with Gasteiger partial charge in [0.2, 0.25) is 0 Å². The number of rotatable bonds is 12. The highest BCUT2D eigenvalue weighted by atomic mass is 16.6. The fraction of sp³-hybridized carbons (Fsp3) is 0.517. The van der Waals surface area contributed by atoms with E-state index in [2.05, 4.69) is 19.2 Å². The standard InChI is InChI=1S/C29H41NO4/c1-21(2)16-17-26(31)24(18-22-12-8-6-9-13-22)20-27(32)25(19-23-14-10-7-11-15-23)30-28(33)34-29(3,4)5/h6-15,21,24-25,27,32H,16-20H2,1-5H3,(H,30,33)/t24-,25+,27+/m1/s1. The molecule has 186 valence electrons. The molecule has 0 aromatic heterocycles. The summed E-state index contributed by atoms with van der Waals surface area (Å²) in [6.45, 7) is 9.62. The maximum atomic E-state index is 13.2. The van der Waals surface area contributed by atoms with E-state index in [4.69, 9.17) is 4.74 Å². The second-order valence-corrected chi connectivity index (χ2v) is 10.5. The molecular weight excluding hydrogens is 426 g/mol. The zero-order chi connectivity index (χ0) is 25.1. The van der Waals surface area contributed by atoms with E-state index in [9.17, 15) is 14.7 Å². The van der Waals surface area contributed by atoms with Crippen LogP contribution in [0.15, 0.2) is 60.7 Å². The summed E-state index contributed by atoms with van der Waals surface area (Å²) in [7, 11) is 0. The zero-order valence-corrected chi connectivity index (χ0v) is 21.3. The van der Waals surface area contributed by atoms with Crippen LogP contribution in [-0.4, -0.2) is 34.7 Å². The predicted octanol–water partition coefficient (Wildman–Crippen LogP) is 5.74. The minimum absolute atomic E-state index is 0.160. The van der Waals surface area contributed by atoms with Gasteiger partial charge in [0.1, 0.15) is 11.4 Å². The van der Waals surface area contributed by atoms with Crippen molar-refractivity contribution >= 4 is 11.9 Å². The SMILES string of the molecule is CC(C)CCC(=O)[C@H](Cc1ccccc1)C[C@H](O)[C@H](Cc1ccccc1)NC(=O)OC(C)(C)C. The van der Waals surface area contributed by atoms with Crippen molar-refractivity contribution in [2.75, 3.05) is 0 Å². The topological polar surface area (TPSA) is 75.6 Å². The molecule has 0 bridgehead atoms. The molecule has 0 aliphatic rings. The van der Waals surface area contributed by atoms with Crippen LogP contribution in [0.2, 0.25) is 0 Å². The first-order valence-corrected chi connectivity index (χ1v) is 12.3. The Bertz CT molecular complexity index is 874. The molecule has 5 heteroatoms. The molecule has 0 unspecified atom stereocenters. The van der Waals surface area contributed by atoms with Crippen molar-refractivity contribution in [3.8, 4) is 0 Å². The Morgan fingerprint density at radius 3 is 1.94 bits per heavy atom. The normalized spacial score (nSPS) is 14.3. The molecule has 2 aromatic rings. The Morgan fingerprint density at radius 2 is 1.44 bits per heavy atom. The molecule has 34 heavy (non-hydrogen) atoms. The van der Waals surface area contributed by atoms with Crippen molar-refractivity contribution in [2.45, 2.75) is 84.5 Å². The number of aliphatic hydroxyl groups is 1. The van der Waals surface area contributed by atoms with E-state index >= 15 is 0 Å². The Balaban J connectivity index is 2.20. The van der Waals surface area contributed by atoms with Crippen LogP contribution in [0.25, 0.3) is 0 Å². The number of ketones is 1. The Kier molecular flexibility index (Phi) is 10.8. The van der Waals surface area contributed by atoms with E-state index in [1.165, 1.54) is 0 Å². The number of Topliss-reactive ketones (excluding diaryl/α,β-unsaturated/α-hetero) is 1. The number of carbonyl (C=O) groups excluding carboxylic acids is 2. The largest absolute Gasteiger partial charge is 0.444 e. The van der Waals surface area contributed by atoms with Crippen LogP contribution in [0, 0.1) is 11.8 Å². The molecule has 0 aliphatic carbocycles. The summed E-state index contributed by atoms with van der Waals surface area (Å²) in [4.78, 5) is 25.7. The molecule has 0 radical (unpaired) electrons. The second kappa shape index (κ2) is 13.3. The first-order chi connectivity index (χ1) is 16.0. The average molecular weight is 468 g/mol. The van der Waals surface area contributed by atoms with Gasteiger partial charge in [-0.3, -0.25) is 4.79 Å². The lowest BCUT2D eigenvalue weighted by Gasteiger charge is -2.29. The van der Waals surface area contributed by atoms with Crippen molar-refractivity contribution in [3.05, 3.63) is 71.8 Å². The number of hydrogen-bond donors (Lipinski definition) is 2. The Morgan fingerprint density at radius 1 is 0.912 bits per heavy atom. The van der Waals surface area contributed by atoms with Gasteiger partial charge in [0.05, 0.1) is 12.1 Å². The lowest BCUT2D eigenvalue weighted by molar-refractivity contribution is -0.124. The number of carbonyl (C=O) groups is 2. The van der Waals surface area contributed by atoms with Crippen molar-refractivity contribution < 1.29 is 19.4 Å². The maximum Gasteiger partial charge on any atom is 0.407 e. The summed E-state index contributed by atoms with van der Waals surface area (Å²) in [5.41, 5.74) is 1.42. The summed E-state index contributed by atoms with van der Waals surface area (Å²) in [6, 6.07) is 19.0. The van der Waals surface area contributed by atoms with Crippen LogP contribution in [0.1, 0.15) is 65.0 Å². The first kappa shape index (κ1) is 27.6. The number of benzene rings is 2. The highest BCUT2D eigenvalue weighted by Gasteiger charge is 2.29. The molecule has 0 saturated carbocycles. The summed E-state index contributed by atoms with van der Waals surface area (Å²) >= 11 is 0. The monoisotopic (exact) mass is 467 g/mol. The van der Waals surface area contributed by atoms with Crippen molar-refractivity contribution in [3.63, 3.8) is 0 Å². The third-order valence-electron chi connectivity index (χ3n) is 5.74. The molecule has 1 amide bonds. The van der Waals surface area contributed by atoms with E-state index in [0.29, 0.717) is 25.2 Å². The van der Waals surface area contributed by atoms with E-state index < -0.39 is 23.8 Å². The molecule has 5 nitrogen and oxygen atoms in total. The second-order valence-electron chi connectivity index (χ2n) is 10.5. The minimum atomic E-state index is -0.899. The number of nitrogens with one attached hydrogen (secondary N) is 1. The van der Waals surface area contributed by atoms with Gasteiger partial charge < -0.3 is 15.2 Å². The van der Waals surface area contributed by atoms with Crippen LogP contribution in [0.4, 0.5) is 4.79 Å². The van der Waals surface area contributed by atoms with Gasteiger partial charge in [-0.15, -0.1) is 0 Å². The van der Waals surface area contributed by atoms with Crippen LogP contribution in [0.5, 0.6) is 0 Å². The van der Waals surface area contributed by atoms with E-state index in [1.54, 1.807) is 20.8 Å². The summed E-state index contributed by atoms with van der Waals surface area (Å²) in [6.07, 6.45) is 1.13. The van der Waals surface area contributed by atoms with Crippen LogP contribution >= 0.6 is 0 Å². The lowest BCUT2D eigenvalue weighted by Crippen LogP contribution is -2.47. The van der Waals surface area contributed by atoms with Gasteiger partial charge >= 0.3 is 6.09 Å². The number of amides is 1. The highest BCUT2D eigenvalue weighted by molar-refractivity contribution is 5.81. The lowest BCUT2D eigenvalue weighted by atomic mass is 9.84. The van der Waals surface area contributed by atoms with Crippen molar-refractivity contribution in [1.29, 1.82) is 0 Å². The molecule has 3 atom stereocenters. The average Bonchev–Trinajstić information content (AvgIpc) is 2.76. The molecule has 0 spiro atoms. The van der Waals surface area contributed by atoms with Crippen LogP contribution < -0.4 is 5.32 Å². The Labute approximate surface area is 204 Å².